The highest BCUT2D eigenvalue weighted by Crippen LogP contribution is 2.52. The zero-order valence-corrected chi connectivity index (χ0v) is 13.6. The van der Waals surface area contributed by atoms with Gasteiger partial charge in [-0.25, -0.2) is 4.79 Å². The lowest BCUT2D eigenvalue weighted by Crippen LogP contribution is -2.25. The summed E-state index contributed by atoms with van der Waals surface area (Å²) >= 11 is 0. The number of likely N-dealkylation sites (N-methyl/N-ethyl adjacent to an activating group) is 1. The fourth-order valence-electron chi connectivity index (χ4n) is 3.99. The molecule has 0 aromatic carbocycles. The maximum absolute atomic E-state index is 12.8. The molecule has 8 heteroatoms. The Morgan fingerprint density at radius 2 is 2.04 bits per heavy atom. The van der Waals surface area contributed by atoms with Gasteiger partial charge in [0.1, 0.15) is 12.3 Å². The summed E-state index contributed by atoms with van der Waals surface area (Å²) in [6, 6.07) is 0.447. The summed E-state index contributed by atoms with van der Waals surface area (Å²) in [6.45, 7) is 2.10. The van der Waals surface area contributed by atoms with Gasteiger partial charge in [0.05, 0.1) is 18.7 Å². The van der Waals surface area contributed by atoms with Gasteiger partial charge in [-0.05, 0) is 14.0 Å². The SMILES string of the molecule is COC1=C(C)C(=O)c2c(c(COC(N)=O)c3n2C[C@H]2C3N2C)C1=O. The van der Waals surface area contributed by atoms with Crippen molar-refractivity contribution in [3.05, 3.63) is 33.8 Å². The van der Waals surface area contributed by atoms with Crippen LogP contribution in [0.5, 0.6) is 0 Å². The second-order valence-corrected chi connectivity index (χ2v) is 6.30. The van der Waals surface area contributed by atoms with E-state index in [1.807, 2.05) is 11.6 Å². The van der Waals surface area contributed by atoms with E-state index in [2.05, 4.69) is 4.90 Å². The number of ether oxygens (including phenoxy) is 2. The van der Waals surface area contributed by atoms with Crippen LogP contribution < -0.4 is 5.73 Å². The zero-order valence-electron chi connectivity index (χ0n) is 13.6. The molecule has 8 nitrogen and oxygen atoms in total. The summed E-state index contributed by atoms with van der Waals surface area (Å²) in [5.74, 6) is -0.538. The zero-order chi connectivity index (χ0) is 17.3. The highest BCUT2D eigenvalue weighted by Gasteiger charge is 2.56. The summed E-state index contributed by atoms with van der Waals surface area (Å²) in [6.07, 6.45) is -0.921. The summed E-state index contributed by atoms with van der Waals surface area (Å²) in [4.78, 5) is 38.8. The van der Waals surface area contributed by atoms with Crippen LogP contribution in [0.2, 0.25) is 0 Å². The molecular weight excluding hydrogens is 314 g/mol. The number of primary amides is 1. The minimum Gasteiger partial charge on any atom is -0.492 e. The molecule has 0 bridgehead atoms. The van der Waals surface area contributed by atoms with E-state index in [0.29, 0.717) is 29.4 Å². The molecule has 4 rings (SSSR count). The molecule has 1 fully saturated rings. The first-order valence-corrected chi connectivity index (χ1v) is 7.62. The third-order valence-corrected chi connectivity index (χ3v) is 5.19. The monoisotopic (exact) mass is 331 g/mol. The lowest BCUT2D eigenvalue weighted by atomic mass is 9.91. The number of hydrogen-bond acceptors (Lipinski definition) is 6. The van der Waals surface area contributed by atoms with Crippen molar-refractivity contribution in [3.8, 4) is 0 Å². The molecule has 0 spiro atoms. The Balaban J connectivity index is 1.92. The van der Waals surface area contributed by atoms with E-state index in [1.165, 1.54) is 7.11 Å². The molecule has 126 valence electrons. The molecule has 1 aliphatic carbocycles. The predicted octanol–water partition coefficient (Wildman–Crippen LogP) is 0.752. The first-order valence-electron chi connectivity index (χ1n) is 7.62. The molecule has 0 radical (unpaired) electrons. The van der Waals surface area contributed by atoms with Crippen molar-refractivity contribution in [2.75, 3.05) is 14.2 Å². The second-order valence-electron chi connectivity index (χ2n) is 6.30. The van der Waals surface area contributed by atoms with Crippen molar-refractivity contribution in [1.82, 2.24) is 9.47 Å². The van der Waals surface area contributed by atoms with Crippen molar-refractivity contribution < 1.29 is 23.9 Å². The van der Waals surface area contributed by atoms with Gasteiger partial charge in [-0.3, -0.25) is 14.5 Å². The predicted molar refractivity (Wildman–Crippen MR) is 81.5 cm³/mol. The number of carbonyl (C=O) groups is 3. The van der Waals surface area contributed by atoms with E-state index < -0.39 is 6.09 Å². The number of nitrogens with two attached hydrogens (primary N) is 1. The van der Waals surface area contributed by atoms with Crippen molar-refractivity contribution in [2.24, 2.45) is 5.73 Å². The van der Waals surface area contributed by atoms with E-state index >= 15 is 0 Å². The topological polar surface area (TPSA) is 104 Å². The Kier molecular flexibility index (Phi) is 2.93. The molecule has 3 atom stereocenters. The number of rotatable bonds is 3. The number of aromatic nitrogens is 1. The number of ketones is 2. The fraction of sp³-hybridized carbons (Fsp3) is 0.438. The Labute approximate surface area is 137 Å². The smallest absolute Gasteiger partial charge is 0.404 e. The standard InChI is InChI=1S/C16H17N3O5/c1-6-13(20)12-9(14(21)15(6)23-3)7(5-24-16(17)22)10-11-8(18(11)2)4-19(10)12/h8,11H,4-5H2,1-3H3,(H2,17,22)/t8-,11?,18?/m0/s1. The minimum absolute atomic E-state index is 0.0396. The van der Waals surface area contributed by atoms with Crippen molar-refractivity contribution in [2.45, 2.75) is 32.2 Å². The first-order chi connectivity index (χ1) is 11.4. The number of carbonyl (C=O) groups excluding carboxylic acids is 3. The van der Waals surface area contributed by atoms with Crippen LogP contribution in [0.15, 0.2) is 11.3 Å². The van der Waals surface area contributed by atoms with Gasteiger partial charge in [0.25, 0.3) is 0 Å². The van der Waals surface area contributed by atoms with E-state index in [0.717, 1.165) is 5.69 Å². The van der Waals surface area contributed by atoms with Gasteiger partial charge in [0.2, 0.25) is 11.6 Å². The maximum atomic E-state index is 12.8. The van der Waals surface area contributed by atoms with E-state index in [1.54, 1.807) is 6.92 Å². The molecule has 1 amide bonds. The van der Waals surface area contributed by atoms with E-state index in [4.69, 9.17) is 15.2 Å². The Morgan fingerprint density at radius 3 is 2.67 bits per heavy atom. The largest absolute Gasteiger partial charge is 0.492 e. The van der Waals surface area contributed by atoms with Crippen LogP contribution in [0, 0.1) is 0 Å². The quantitative estimate of drug-likeness (QED) is 0.820. The molecule has 2 aliphatic heterocycles. The molecule has 3 aliphatic rings. The van der Waals surface area contributed by atoms with Gasteiger partial charge in [-0.1, -0.05) is 0 Å². The maximum Gasteiger partial charge on any atom is 0.404 e. The van der Waals surface area contributed by atoms with Gasteiger partial charge >= 0.3 is 6.09 Å². The molecule has 1 aromatic rings. The minimum atomic E-state index is -0.921. The molecule has 24 heavy (non-hydrogen) atoms. The van der Waals surface area contributed by atoms with Crippen molar-refractivity contribution >= 4 is 17.7 Å². The summed E-state index contributed by atoms with van der Waals surface area (Å²) in [5.41, 5.74) is 7.44. The van der Waals surface area contributed by atoms with Crippen LogP contribution in [0.3, 0.4) is 0 Å². The van der Waals surface area contributed by atoms with E-state index in [-0.39, 0.29) is 35.5 Å². The number of amides is 1. The van der Waals surface area contributed by atoms with Crippen molar-refractivity contribution in [1.29, 1.82) is 0 Å². The molecule has 2 unspecified atom stereocenters. The third kappa shape index (κ3) is 1.68. The molecule has 1 saturated heterocycles. The number of Topliss-reactive ketones (excluding diaryl/α,β-unsaturated/α-hetero) is 2. The van der Waals surface area contributed by atoms with Crippen LogP contribution >= 0.6 is 0 Å². The molecule has 2 N–H and O–H groups in total. The molecule has 3 heterocycles. The molecule has 1 aromatic heterocycles. The average Bonchev–Trinajstić information content (AvgIpc) is 2.89. The van der Waals surface area contributed by atoms with Crippen LogP contribution in [0.1, 0.15) is 45.1 Å². The normalized spacial score (nSPS) is 26.9. The summed E-state index contributed by atoms with van der Waals surface area (Å²) < 4.78 is 12.0. The van der Waals surface area contributed by atoms with Crippen LogP contribution in [0.4, 0.5) is 4.79 Å². The van der Waals surface area contributed by atoms with Crippen LogP contribution in [0.25, 0.3) is 0 Å². The lowest BCUT2D eigenvalue weighted by Gasteiger charge is -2.18. The average molecular weight is 331 g/mol. The summed E-state index contributed by atoms with van der Waals surface area (Å²) in [7, 11) is 3.35. The van der Waals surface area contributed by atoms with E-state index in [9.17, 15) is 14.4 Å². The fourth-order valence-corrected chi connectivity index (χ4v) is 3.99. The van der Waals surface area contributed by atoms with Gasteiger partial charge in [0, 0.05) is 29.4 Å². The Morgan fingerprint density at radius 1 is 1.33 bits per heavy atom. The van der Waals surface area contributed by atoms with Gasteiger partial charge < -0.3 is 19.8 Å². The van der Waals surface area contributed by atoms with Gasteiger partial charge in [-0.2, -0.15) is 0 Å². The summed E-state index contributed by atoms with van der Waals surface area (Å²) in [5, 5.41) is 0. The Bertz CT molecular complexity index is 850. The second kappa shape index (κ2) is 4.70. The number of fused-ring (bicyclic) bond motifs is 5. The number of allylic oxidation sites excluding steroid dienone is 2. The van der Waals surface area contributed by atoms with Crippen LogP contribution in [-0.2, 0) is 22.6 Å². The third-order valence-electron chi connectivity index (χ3n) is 5.19. The van der Waals surface area contributed by atoms with Gasteiger partial charge in [0.15, 0.2) is 5.76 Å². The van der Waals surface area contributed by atoms with Crippen molar-refractivity contribution in [3.63, 3.8) is 0 Å². The Hall–Kier alpha value is -2.61. The number of nitrogens with zero attached hydrogens (tertiary/aromatic N) is 2. The number of methoxy groups -OCH3 is 1. The highest BCUT2D eigenvalue weighted by atomic mass is 16.5. The lowest BCUT2D eigenvalue weighted by molar-refractivity contribution is 0.0899. The van der Waals surface area contributed by atoms with Crippen LogP contribution in [-0.4, -0.2) is 47.3 Å². The number of hydrogen-bond donors (Lipinski definition) is 1. The highest BCUT2D eigenvalue weighted by molar-refractivity contribution is 6.26. The van der Waals surface area contributed by atoms with Gasteiger partial charge in [-0.15, -0.1) is 0 Å². The first kappa shape index (κ1) is 14.9. The molecular formula is C16H17N3O5. The molecule has 0 saturated carbocycles.